The van der Waals surface area contributed by atoms with Crippen LogP contribution >= 0.6 is 0 Å². The second kappa shape index (κ2) is 6.75. The average Bonchev–Trinajstić information content (AvgIpc) is 1.87. The minimum atomic E-state index is -1.70. The highest BCUT2D eigenvalue weighted by atomic mass is 32.2. The number of hydrogen-bond acceptors (Lipinski definition) is 2. The maximum Gasteiger partial charge on any atom is 0.152 e. The molecule has 4 heteroatoms. The normalized spacial score (nSPS) is 12.4. The highest BCUT2D eigenvalue weighted by molar-refractivity contribution is 7.79. The van der Waals surface area contributed by atoms with E-state index in [4.69, 9.17) is 15.7 Å². The lowest BCUT2D eigenvalue weighted by atomic mass is 10.5. The summed E-state index contributed by atoms with van der Waals surface area (Å²) in [5.41, 5.74) is 0. The lowest BCUT2D eigenvalue weighted by Crippen LogP contribution is -2.01. The fourth-order valence-electron chi connectivity index (χ4n) is 0.416. The molecule has 10 heavy (non-hydrogen) atoms. The molecule has 0 spiro atoms. The van der Waals surface area contributed by atoms with Gasteiger partial charge in [-0.2, -0.15) is 0 Å². The molecule has 0 aromatic heterocycles. The first-order valence-corrected chi connectivity index (χ1v) is 4.13. The Morgan fingerprint density at radius 1 is 1.70 bits per heavy atom. The van der Waals surface area contributed by atoms with Gasteiger partial charge in [-0.3, -0.25) is 0 Å². The Morgan fingerprint density at radius 2 is 2.40 bits per heavy atom. The molecule has 0 fully saturated rings. The Labute approximate surface area is 63.1 Å². The summed E-state index contributed by atoms with van der Waals surface area (Å²) in [6.45, 7) is 0.731. The van der Waals surface area contributed by atoms with E-state index in [2.05, 4.69) is 5.92 Å². The summed E-state index contributed by atoms with van der Waals surface area (Å²) >= 11 is -1.70. The van der Waals surface area contributed by atoms with Crippen molar-refractivity contribution in [1.29, 1.82) is 0 Å². The molecule has 0 aromatic carbocycles. The lowest BCUT2D eigenvalue weighted by molar-refractivity contribution is 0.168. The average molecular weight is 162 g/mol. The highest BCUT2D eigenvalue weighted by Crippen LogP contribution is 1.84. The molecular formula is C6H10O3S. The zero-order chi connectivity index (χ0) is 7.82. The van der Waals surface area contributed by atoms with Crippen molar-refractivity contribution in [3.63, 3.8) is 0 Å². The van der Waals surface area contributed by atoms with Crippen LogP contribution < -0.4 is 0 Å². The molecule has 0 amide bonds. The summed E-state index contributed by atoms with van der Waals surface area (Å²) in [4.78, 5) is 0. The Kier molecular flexibility index (Phi) is 6.50. The number of ether oxygens (including phenoxy) is 1. The van der Waals surface area contributed by atoms with E-state index in [9.17, 15) is 4.21 Å². The number of rotatable bonds is 5. The second-order valence-electron chi connectivity index (χ2n) is 1.64. The van der Waals surface area contributed by atoms with Gasteiger partial charge in [0.25, 0.3) is 0 Å². The summed E-state index contributed by atoms with van der Waals surface area (Å²) in [5.74, 6) is 2.55. The molecule has 0 heterocycles. The molecule has 1 atom stereocenters. The minimum Gasteiger partial charge on any atom is -0.369 e. The van der Waals surface area contributed by atoms with E-state index in [-0.39, 0.29) is 12.4 Å². The summed E-state index contributed by atoms with van der Waals surface area (Å²) in [7, 11) is 0. The molecule has 1 N–H and O–H groups in total. The molecule has 0 saturated carbocycles. The van der Waals surface area contributed by atoms with Crippen LogP contribution in [-0.2, 0) is 15.8 Å². The first kappa shape index (κ1) is 9.63. The maximum atomic E-state index is 10.0. The Bertz CT molecular complexity index is 138. The van der Waals surface area contributed by atoms with Crippen molar-refractivity contribution in [3.05, 3.63) is 0 Å². The van der Waals surface area contributed by atoms with Crippen molar-refractivity contribution in [1.82, 2.24) is 0 Å². The molecule has 0 aromatic rings. The lowest BCUT2D eigenvalue weighted by Gasteiger charge is -1.96. The van der Waals surface area contributed by atoms with Gasteiger partial charge < -0.3 is 9.29 Å². The maximum absolute atomic E-state index is 10.0. The minimum absolute atomic E-state index is 0.255. The zero-order valence-corrected chi connectivity index (χ0v) is 6.39. The first-order valence-electron chi connectivity index (χ1n) is 2.86. The molecule has 0 aliphatic rings. The van der Waals surface area contributed by atoms with Gasteiger partial charge >= 0.3 is 0 Å². The smallest absolute Gasteiger partial charge is 0.152 e. The third-order valence-corrected chi connectivity index (χ3v) is 1.43. The zero-order valence-electron chi connectivity index (χ0n) is 5.58. The highest BCUT2D eigenvalue weighted by Gasteiger charge is 1.91. The summed E-state index contributed by atoms with van der Waals surface area (Å²) < 4.78 is 23.2. The van der Waals surface area contributed by atoms with Crippen LogP contribution in [-0.4, -0.2) is 27.7 Å². The predicted octanol–water partition coefficient (Wildman–Crippen LogP) is 0.248. The fraction of sp³-hybridized carbons (Fsp3) is 0.667. The van der Waals surface area contributed by atoms with Gasteiger partial charge in [0, 0.05) is 6.61 Å². The largest absolute Gasteiger partial charge is 0.369 e. The van der Waals surface area contributed by atoms with Crippen LogP contribution in [0.1, 0.15) is 6.42 Å². The SMILES string of the molecule is C#CCOCCCS(=O)O. The van der Waals surface area contributed by atoms with Gasteiger partial charge in [-0.15, -0.1) is 6.42 Å². The predicted molar refractivity (Wildman–Crippen MR) is 39.9 cm³/mol. The van der Waals surface area contributed by atoms with Crippen molar-refractivity contribution in [3.8, 4) is 12.3 Å². The second-order valence-corrected chi connectivity index (χ2v) is 2.69. The molecular weight excluding hydrogens is 152 g/mol. The molecule has 58 valence electrons. The van der Waals surface area contributed by atoms with Crippen molar-refractivity contribution >= 4 is 11.1 Å². The third-order valence-electron chi connectivity index (χ3n) is 0.793. The summed E-state index contributed by atoms with van der Waals surface area (Å²) in [6, 6.07) is 0. The van der Waals surface area contributed by atoms with Gasteiger partial charge in [0.15, 0.2) is 11.1 Å². The molecule has 0 aliphatic carbocycles. The van der Waals surface area contributed by atoms with Crippen LogP contribution in [0.2, 0.25) is 0 Å². The molecule has 0 aliphatic heterocycles. The Morgan fingerprint density at radius 3 is 2.90 bits per heavy atom. The van der Waals surface area contributed by atoms with Gasteiger partial charge in [-0.25, -0.2) is 4.21 Å². The van der Waals surface area contributed by atoms with Crippen molar-refractivity contribution in [2.45, 2.75) is 6.42 Å². The van der Waals surface area contributed by atoms with Gasteiger partial charge in [0.05, 0.1) is 5.75 Å². The van der Waals surface area contributed by atoms with E-state index >= 15 is 0 Å². The molecule has 0 radical (unpaired) electrons. The van der Waals surface area contributed by atoms with Gasteiger partial charge in [0.2, 0.25) is 0 Å². The van der Waals surface area contributed by atoms with E-state index in [1.807, 2.05) is 0 Å². The monoisotopic (exact) mass is 162 g/mol. The van der Waals surface area contributed by atoms with Crippen LogP contribution in [0.5, 0.6) is 0 Å². The summed E-state index contributed by atoms with van der Waals surface area (Å²) in [5, 5.41) is 0. The van der Waals surface area contributed by atoms with Crippen LogP contribution in [0.15, 0.2) is 0 Å². The standard InChI is InChI=1S/C6H10O3S/c1-2-4-9-5-3-6-10(7)8/h1H,3-6H2,(H,7,8). The van der Waals surface area contributed by atoms with E-state index in [0.717, 1.165) is 0 Å². The quantitative estimate of drug-likeness (QED) is 0.358. The molecule has 0 rings (SSSR count). The van der Waals surface area contributed by atoms with Crippen LogP contribution in [0.4, 0.5) is 0 Å². The number of terminal acetylenes is 1. The Balaban J connectivity index is 2.92. The van der Waals surface area contributed by atoms with E-state index in [0.29, 0.717) is 13.0 Å². The summed E-state index contributed by atoms with van der Waals surface area (Å²) in [6.07, 6.45) is 5.46. The van der Waals surface area contributed by atoms with Crippen LogP contribution in [0, 0.1) is 12.3 Å². The molecule has 1 unspecified atom stereocenters. The van der Waals surface area contributed by atoms with Crippen LogP contribution in [0.3, 0.4) is 0 Å². The first-order chi connectivity index (χ1) is 4.77. The number of hydrogen-bond donors (Lipinski definition) is 1. The van der Waals surface area contributed by atoms with E-state index < -0.39 is 11.1 Å². The topological polar surface area (TPSA) is 46.5 Å². The van der Waals surface area contributed by atoms with Crippen molar-refractivity contribution < 1.29 is 13.5 Å². The van der Waals surface area contributed by atoms with Crippen molar-refractivity contribution in [2.24, 2.45) is 0 Å². The molecule has 3 nitrogen and oxygen atoms in total. The molecule has 0 saturated heterocycles. The Hall–Kier alpha value is -0.370. The third kappa shape index (κ3) is 7.63. The van der Waals surface area contributed by atoms with Crippen LogP contribution in [0.25, 0.3) is 0 Å². The van der Waals surface area contributed by atoms with E-state index in [1.165, 1.54) is 0 Å². The van der Waals surface area contributed by atoms with Gasteiger partial charge in [-0.05, 0) is 6.42 Å². The van der Waals surface area contributed by atoms with Gasteiger partial charge in [0.1, 0.15) is 6.61 Å². The van der Waals surface area contributed by atoms with Crippen molar-refractivity contribution in [2.75, 3.05) is 19.0 Å². The van der Waals surface area contributed by atoms with E-state index in [1.54, 1.807) is 0 Å². The fourth-order valence-corrected chi connectivity index (χ4v) is 0.780. The van der Waals surface area contributed by atoms with Gasteiger partial charge in [-0.1, -0.05) is 5.92 Å². The molecule has 0 bridgehead atoms.